The van der Waals surface area contributed by atoms with Crippen molar-refractivity contribution >= 4 is 26.9 Å². The number of nitrogens with zero attached hydrogens (tertiary/aromatic N) is 2. The molecule has 10 heteroatoms. The van der Waals surface area contributed by atoms with Gasteiger partial charge in [-0.3, -0.25) is 4.79 Å². The fourth-order valence-electron chi connectivity index (χ4n) is 5.26. The van der Waals surface area contributed by atoms with E-state index in [1.165, 1.54) is 23.7 Å². The molecule has 200 valence electrons. The molecule has 8 nitrogen and oxygen atoms in total. The Balaban J connectivity index is 1.46. The van der Waals surface area contributed by atoms with Crippen LogP contribution in [0.1, 0.15) is 45.9 Å². The number of sulfonamides is 1. The third-order valence-electron chi connectivity index (χ3n) is 7.46. The van der Waals surface area contributed by atoms with Gasteiger partial charge in [-0.05, 0) is 67.3 Å². The van der Waals surface area contributed by atoms with Gasteiger partial charge in [-0.2, -0.15) is 4.31 Å². The molecule has 4 aromatic rings. The van der Waals surface area contributed by atoms with Crippen molar-refractivity contribution in [3.05, 3.63) is 93.0 Å². The number of ether oxygens (including phenoxy) is 1. The molecule has 0 saturated heterocycles. The van der Waals surface area contributed by atoms with Gasteiger partial charge >= 0.3 is 5.97 Å². The van der Waals surface area contributed by atoms with Gasteiger partial charge in [-0.15, -0.1) is 0 Å². The van der Waals surface area contributed by atoms with Gasteiger partial charge in [-0.1, -0.05) is 17.7 Å². The molecule has 0 unspecified atom stereocenters. The number of hydrogen-bond donors (Lipinski definition) is 1. The van der Waals surface area contributed by atoms with E-state index in [9.17, 15) is 23.1 Å². The maximum atomic E-state index is 15.4. The molecule has 2 aliphatic rings. The number of benzene rings is 3. The summed E-state index contributed by atoms with van der Waals surface area (Å²) >= 11 is 0. The van der Waals surface area contributed by atoms with Gasteiger partial charge in [0.1, 0.15) is 11.4 Å². The fourth-order valence-corrected chi connectivity index (χ4v) is 6.65. The van der Waals surface area contributed by atoms with Crippen molar-refractivity contribution in [3.63, 3.8) is 0 Å². The molecule has 1 aromatic heterocycles. The summed E-state index contributed by atoms with van der Waals surface area (Å²) < 4.78 is 50.7. The van der Waals surface area contributed by atoms with E-state index in [1.807, 2.05) is 6.92 Å². The molecular formula is C29H25FN2O6S. The average molecular weight is 549 g/mol. The lowest BCUT2D eigenvalue weighted by Crippen LogP contribution is -2.25. The predicted molar refractivity (Wildman–Crippen MR) is 143 cm³/mol. The first-order valence-corrected chi connectivity index (χ1v) is 13.9. The second kappa shape index (κ2) is 9.03. The Morgan fingerprint density at radius 3 is 2.44 bits per heavy atom. The van der Waals surface area contributed by atoms with Crippen molar-refractivity contribution < 1.29 is 27.4 Å². The number of carboxylic acid groups (broad SMARTS) is 1. The van der Waals surface area contributed by atoms with Gasteiger partial charge in [0.05, 0.1) is 22.9 Å². The maximum absolute atomic E-state index is 15.4. The molecule has 2 heterocycles. The highest BCUT2D eigenvalue weighted by molar-refractivity contribution is 7.89. The van der Waals surface area contributed by atoms with Crippen molar-refractivity contribution in [2.24, 2.45) is 0 Å². The molecule has 0 radical (unpaired) electrons. The minimum atomic E-state index is -3.83. The lowest BCUT2D eigenvalue weighted by molar-refractivity contribution is 0.0694. The molecule has 0 bridgehead atoms. The van der Waals surface area contributed by atoms with E-state index in [0.29, 0.717) is 33.5 Å². The number of carbonyl (C=O) groups is 1. The fraction of sp³-hybridized carbons (Fsp3) is 0.241. The zero-order valence-electron chi connectivity index (χ0n) is 21.3. The smallest absolute Gasteiger partial charge is 0.341 e. The first-order valence-electron chi connectivity index (χ1n) is 12.5. The summed E-state index contributed by atoms with van der Waals surface area (Å²) in [6.07, 6.45) is 3.03. The van der Waals surface area contributed by atoms with Crippen LogP contribution in [0, 0.1) is 12.7 Å². The summed E-state index contributed by atoms with van der Waals surface area (Å²) in [6, 6.07) is 12.8. The Morgan fingerprint density at radius 2 is 1.79 bits per heavy atom. The molecular weight excluding hydrogens is 523 g/mol. The van der Waals surface area contributed by atoms with Gasteiger partial charge < -0.3 is 14.4 Å². The minimum absolute atomic E-state index is 0.0148. The number of aromatic carboxylic acids is 1. The number of aromatic nitrogens is 1. The van der Waals surface area contributed by atoms with E-state index < -0.39 is 27.2 Å². The largest absolute Gasteiger partial charge is 0.494 e. The molecule has 39 heavy (non-hydrogen) atoms. The highest BCUT2D eigenvalue weighted by Gasteiger charge is 2.34. The van der Waals surface area contributed by atoms with Crippen LogP contribution >= 0.6 is 0 Å². The predicted octanol–water partition coefficient (Wildman–Crippen LogP) is 4.86. The summed E-state index contributed by atoms with van der Waals surface area (Å²) in [6.45, 7) is 1.81. The number of halogens is 1. The topological polar surface area (TPSA) is 106 Å². The number of fused-ring (bicyclic) bond motifs is 2. The van der Waals surface area contributed by atoms with Crippen molar-refractivity contribution in [2.75, 3.05) is 7.11 Å². The van der Waals surface area contributed by atoms with Crippen molar-refractivity contribution in [1.29, 1.82) is 0 Å². The van der Waals surface area contributed by atoms with Gasteiger partial charge in [0.2, 0.25) is 15.5 Å². The lowest BCUT2D eigenvalue weighted by atomic mass is 9.97. The summed E-state index contributed by atoms with van der Waals surface area (Å²) in [5, 5.41) is 9.77. The molecule has 1 N–H and O–H groups in total. The van der Waals surface area contributed by atoms with Crippen LogP contribution in [0.5, 0.6) is 5.75 Å². The summed E-state index contributed by atoms with van der Waals surface area (Å²) in [7, 11) is -2.38. The number of pyridine rings is 1. The summed E-state index contributed by atoms with van der Waals surface area (Å²) in [4.78, 5) is 24.9. The highest BCUT2D eigenvalue weighted by Crippen LogP contribution is 2.43. The standard InChI is InChI=1S/C29H25FN2O6S/c1-16-3-7-20(8-4-16)39(36,37)31-13-18-11-17(12-25(30)23(18)14-31)21-9-10-22-26(28(21)38-2)32(19-5-6-19)15-24(27(22)33)29(34)35/h3-4,7-12,15,19H,5-6,13-14H2,1-2H3,(H,34,35). The maximum Gasteiger partial charge on any atom is 0.341 e. The Morgan fingerprint density at radius 1 is 1.08 bits per heavy atom. The molecule has 1 aliphatic heterocycles. The lowest BCUT2D eigenvalue weighted by Gasteiger charge is -2.18. The number of rotatable bonds is 6. The number of hydrogen-bond acceptors (Lipinski definition) is 5. The van der Waals surface area contributed by atoms with Gasteiger partial charge in [0, 0.05) is 36.5 Å². The second-order valence-corrected chi connectivity index (χ2v) is 12.0. The van der Waals surface area contributed by atoms with E-state index in [0.717, 1.165) is 18.4 Å². The molecule has 1 aliphatic carbocycles. The average Bonchev–Trinajstić information content (AvgIpc) is 3.65. The minimum Gasteiger partial charge on any atom is -0.494 e. The highest BCUT2D eigenvalue weighted by atomic mass is 32.2. The van der Waals surface area contributed by atoms with Crippen LogP contribution in [0.2, 0.25) is 0 Å². The molecule has 0 amide bonds. The quantitative estimate of drug-likeness (QED) is 0.369. The van der Waals surface area contributed by atoms with Crippen LogP contribution in [-0.4, -0.2) is 35.5 Å². The second-order valence-electron chi connectivity index (χ2n) is 10.0. The molecule has 3 aromatic carbocycles. The van der Waals surface area contributed by atoms with E-state index in [-0.39, 0.29) is 35.0 Å². The normalized spacial score (nSPS) is 15.5. The van der Waals surface area contributed by atoms with Gasteiger partial charge in [-0.25, -0.2) is 17.6 Å². The van der Waals surface area contributed by atoms with Crippen molar-refractivity contribution in [1.82, 2.24) is 8.87 Å². The first-order chi connectivity index (χ1) is 18.6. The van der Waals surface area contributed by atoms with Crippen molar-refractivity contribution in [2.45, 2.75) is 43.8 Å². The molecule has 1 fully saturated rings. The Labute approximate surface area is 223 Å². The zero-order chi connectivity index (χ0) is 27.6. The SMILES string of the molecule is COc1c(-c2cc(F)c3c(c2)CN(S(=O)(=O)c2ccc(C)cc2)C3)ccc2c(=O)c(C(=O)O)cn(C3CC3)c12. The van der Waals surface area contributed by atoms with Gasteiger partial charge in [0.15, 0.2) is 5.75 Å². The van der Waals surface area contributed by atoms with Crippen LogP contribution in [0.4, 0.5) is 4.39 Å². The van der Waals surface area contributed by atoms with Crippen LogP contribution in [-0.2, 0) is 23.1 Å². The molecule has 1 saturated carbocycles. The Kier molecular flexibility index (Phi) is 5.85. The molecule has 6 rings (SSSR count). The van der Waals surface area contributed by atoms with E-state index in [4.69, 9.17) is 4.74 Å². The molecule has 0 spiro atoms. The Hall–Kier alpha value is -4.02. The van der Waals surface area contributed by atoms with E-state index >= 15 is 4.39 Å². The van der Waals surface area contributed by atoms with E-state index in [1.54, 1.807) is 47.0 Å². The zero-order valence-corrected chi connectivity index (χ0v) is 22.1. The van der Waals surface area contributed by atoms with Crippen LogP contribution in [0.15, 0.2) is 64.4 Å². The number of carboxylic acids is 1. The number of aryl methyl sites for hydroxylation is 1. The number of methoxy groups -OCH3 is 1. The Bertz CT molecular complexity index is 1840. The van der Waals surface area contributed by atoms with Crippen molar-refractivity contribution in [3.8, 4) is 16.9 Å². The monoisotopic (exact) mass is 548 g/mol. The van der Waals surface area contributed by atoms with E-state index in [2.05, 4.69) is 0 Å². The van der Waals surface area contributed by atoms with Crippen LogP contribution in [0.3, 0.4) is 0 Å². The first kappa shape index (κ1) is 25.3. The molecule has 0 atom stereocenters. The van der Waals surface area contributed by atoms with Crippen LogP contribution < -0.4 is 10.2 Å². The third-order valence-corrected chi connectivity index (χ3v) is 9.27. The van der Waals surface area contributed by atoms with Gasteiger partial charge in [0.25, 0.3) is 0 Å². The van der Waals surface area contributed by atoms with Crippen LogP contribution in [0.25, 0.3) is 22.0 Å². The summed E-state index contributed by atoms with van der Waals surface area (Å²) in [5.41, 5.74) is 2.31. The third kappa shape index (κ3) is 4.11. The summed E-state index contributed by atoms with van der Waals surface area (Å²) in [5.74, 6) is -1.51.